The van der Waals surface area contributed by atoms with E-state index in [2.05, 4.69) is 12.2 Å². The second-order valence-corrected chi connectivity index (χ2v) is 5.58. The van der Waals surface area contributed by atoms with Crippen molar-refractivity contribution in [3.05, 3.63) is 29.8 Å². The van der Waals surface area contributed by atoms with Crippen molar-refractivity contribution in [3.63, 3.8) is 0 Å². The maximum Gasteiger partial charge on any atom is 0.309 e. The Bertz CT molecular complexity index is 413. The van der Waals surface area contributed by atoms with Crippen LogP contribution in [0.4, 0.5) is 5.69 Å². The van der Waals surface area contributed by atoms with Crippen LogP contribution in [0.25, 0.3) is 0 Å². The number of anilines is 1. The third kappa shape index (κ3) is 4.91. The quantitative estimate of drug-likeness (QED) is 0.707. The summed E-state index contributed by atoms with van der Waals surface area (Å²) in [5.41, 5.74) is 7.50. The molecule has 106 valence electrons. The highest BCUT2D eigenvalue weighted by molar-refractivity contribution is 5.73. The molecule has 0 aliphatic heterocycles. The minimum Gasteiger partial charge on any atom is -0.481 e. The van der Waals surface area contributed by atoms with Crippen molar-refractivity contribution < 1.29 is 9.90 Å². The van der Waals surface area contributed by atoms with E-state index in [1.807, 2.05) is 24.3 Å². The third-order valence-corrected chi connectivity index (χ3v) is 3.18. The van der Waals surface area contributed by atoms with Gasteiger partial charge in [-0.1, -0.05) is 12.1 Å². The first-order valence-corrected chi connectivity index (χ1v) is 6.67. The highest BCUT2D eigenvalue weighted by Gasteiger charge is 2.29. The maximum absolute atomic E-state index is 11.1. The maximum atomic E-state index is 11.1. The summed E-state index contributed by atoms with van der Waals surface area (Å²) in [7, 11) is 0. The van der Waals surface area contributed by atoms with Crippen LogP contribution in [0.5, 0.6) is 0 Å². The monoisotopic (exact) mass is 264 g/mol. The summed E-state index contributed by atoms with van der Waals surface area (Å²) in [6.45, 7) is 6.37. The van der Waals surface area contributed by atoms with Gasteiger partial charge in [0.15, 0.2) is 0 Å². The summed E-state index contributed by atoms with van der Waals surface area (Å²) in [5, 5.41) is 12.3. The average molecular weight is 264 g/mol. The molecule has 1 aromatic rings. The number of carbonyl (C=O) groups is 1. The zero-order chi connectivity index (χ0) is 14.5. The van der Waals surface area contributed by atoms with E-state index in [4.69, 9.17) is 10.8 Å². The predicted molar refractivity (Wildman–Crippen MR) is 78.3 cm³/mol. The van der Waals surface area contributed by atoms with Crippen molar-refractivity contribution in [1.82, 2.24) is 0 Å². The lowest BCUT2D eigenvalue weighted by molar-refractivity contribution is -0.147. The lowest BCUT2D eigenvalue weighted by atomic mass is 9.84. The molecule has 0 saturated carbocycles. The van der Waals surface area contributed by atoms with Gasteiger partial charge in [0.05, 0.1) is 5.41 Å². The standard InChI is InChI=1S/C15H24N2O2/c1-4-17-13-7-5-11(6-8-13)9-12(16)10-15(2,3)14(18)19/h5-8,12,17H,4,9-10,16H2,1-3H3,(H,18,19). The molecule has 0 aliphatic carbocycles. The zero-order valence-corrected chi connectivity index (χ0v) is 11.9. The molecule has 0 aliphatic rings. The first-order chi connectivity index (χ1) is 8.85. The van der Waals surface area contributed by atoms with Crippen LogP contribution in [-0.4, -0.2) is 23.7 Å². The van der Waals surface area contributed by atoms with Gasteiger partial charge < -0.3 is 16.2 Å². The number of rotatable bonds is 7. The van der Waals surface area contributed by atoms with Gasteiger partial charge in [-0.2, -0.15) is 0 Å². The topological polar surface area (TPSA) is 75.3 Å². The van der Waals surface area contributed by atoms with E-state index >= 15 is 0 Å². The van der Waals surface area contributed by atoms with E-state index in [0.717, 1.165) is 17.8 Å². The van der Waals surface area contributed by atoms with Gasteiger partial charge >= 0.3 is 5.97 Å². The minimum atomic E-state index is -0.801. The molecule has 1 rings (SSSR count). The highest BCUT2D eigenvalue weighted by Crippen LogP contribution is 2.23. The predicted octanol–water partition coefficient (Wildman–Crippen LogP) is 2.49. The Labute approximate surface area is 115 Å². The van der Waals surface area contributed by atoms with Crippen LogP contribution in [0.2, 0.25) is 0 Å². The molecule has 4 nitrogen and oxygen atoms in total. The largest absolute Gasteiger partial charge is 0.481 e. The van der Waals surface area contributed by atoms with Crippen LogP contribution < -0.4 is 11.1 Å². The van der Waals surface area contributed by atoms with Gasteiger partial charge in [-0.15, -0.1) is 0 Å². The first kappa shape index (κ1) is 15.5. The Morgan fingerprint density at radius 2 is 1.95 bits per heavy atom. The van der Waals surface area contributed by atoms with Crippen molar-refractivity contribution >= 4 is 11.7 Å². The number of hydrogen-bond donors (Lipinski definition) is 3. The van der Waals surface area contributed by atoms with Crippen LogP contribution in [0.1, 0.15) is 32.8 Å². The van der Waals surface area contributed by atoms with E-state index in [1.165, 1.54) is 0 Å². The smallest absolute Gasteiger partial charge is 0.309 e. The molecule has 0 spiro atoms. The number of nitrogens with one attached hydrogen (secondary N) is 1. The number of nitrogens with two attached hydrogens (primary N) is 1. The molecule has 0 amide bonds. The summed E-state index contributed by atoms with van der Waals surface area (Å²) >= 11 is 0. The summed E-state index contributed by atoms with van der Waals surface area (Å²) in [6, 6.07) is 7.97. The number of benzene rings is 1. The van der Waals surface area contributed by atoms with Crippen molar-refractivity contribution in [2.75, 3.05) is 11.9 Å². The molecule has 1 aromatic carbocycles. The Balaban J connectivity index is 2.57. The molecular weight excluding hydrogens is 240 g/mol. The fourth-order valence-electron chi connectivity index (χ4n) is 2.08. The van der Waals surface area contributed by atoms with Crippen molar-refractivity contribution in [1.29, 1.82) is 0 Å². The third-order valence-electron chi connectivity index (χ3n) is 3.18. The molecule has 0 fully saturated rings. The molecule has 19 heavy (non-hydrogen) atoms. The molecule has 4 heteroatoms. The van der Waals surface area contributed by atoms with Gasteiger partial charge in [-0.3, -0.25) is 4.79 Å². The van der Waals surface area contributed by atoms with E-state index in [-0.39, 0.29) is 6.04 Å². The average Bonchev–Trinajstić information content (AvgIpc) is 2.31. The molecule has 4 N–H and O–H groups in total. The SMILES string of the molecule is CCNc1ccc(CC(N)CC(C)(C)C(=O)O)cc1. The Hall–Kier alpha value is -1.55. The lowest BCUT2D eigenvalue weighted by Gasteiger charge is -2.23. The molecule has 0 bridgehead atoms. The van der Waals surface area contributed by atoms with Crippen molar-refractivity contribution in [3.8, 4) is 0 Å². The van der Waals surface area contributed by atoms with Gasteiger partial charge in [0, 0.05) is 18.3 Å². The molecule has 0 heterocycles. The minimum absolute atomic E-state index is 0.143. The Morgan fingerprint density at radius 1 is 1.37 bits per heavy atom. The molecule has 0 radical (unpaired) electrons. The zero-order valence-electron chi connectivity index (χ0n) is 11.9. The normalized spacial score (nSPS) is 13.1. The van der Waals surface area contributed by atoms with Gasteiger partial charge in [-0.25, -0.2) is 0 Å². The highest BCUT2D eigenvalue weighted by atomic mass is 16.4. The summed E-state index contributed by atoms with van der Waals surface area (Å²) in [6.07, 6.45) is 1.17. The van der Waals surface area contributed by atoms with Gasteiger partial charge in [0.2, 0.25) is 0 Å². The van der Waals surface area contributed by atoms with Crippen molar-refractivity contribution in [2.24, 2.45) is 11.1 Å². The number of carboxylic acids is 1. The number of carboxylic acid groups (broad SMARTS) is 1. The fourth-order valence-corrected chi connectivity index (χ4v) is 2.08. The Morgan fingerprint density at radius 3 is 2.42 bits per heavy atom. The van der Waals surface area contributed by atoms with Crippen molar-refractivity contribution in [2.45, 2.75) is 39.7 Å². The van der Waals surface area contributed by atoms with E-state index < -0.39 is 11.4 Å². The van der Waals surface area contributed by atoms with Crippen LogP contribution in [-0.2, 0) is 11.2 Å². The van der Waals surface area contributed by atoms with Crippen LogP contribution >= 0.6 is 0 Å². The first-order valence-electron chi connectivity index (χ1n) is 6.67. The van der Waals surface area contributed by atoms with Crippen LogP contribution in [0, 0.1) is 5.41 Å². The molecule has 0 aromatic heterocycles. The molecule has 1 unspecified atom stereocenters. The van der Waals surface area contributed by atoms with Gasteiger partial charge in [0.1, 0.15) is 0 Å². The van der Waals surface area contributed by atoms with Gasteiger partial charge in [0.25, 0.3) is 0 Å². The van der Waals surface area contributed by atoms with Gasteiger partial charge in [-0.05, 0) is 51.3 Å². The van der Waals surface area contributed by atoms with E-state index in [9.17, 15) is 4.79 Å². The molecular formula is C15H24N2O2. The fraction of sp³-hybridized carbons (Fsp3) is 0.533. The Kier molecular flexibility index (Phi) is 5.36. The summed E-state index contributed by atoms with van der Waals surface area (Å²) < 4.78 is 0. The molecule has 1 atom stereocenters. The van der Waals surface area contributed by atoms with Crippen LogP contribution in [0.15, 0.2) is 24.3 Å². The number of hydrogen-bond acceptors (Lipinski definition) is 3. The van der Waals surface area contributed by atoms with E-state index in [0.29, 0.717) is 12.8 Å². The van der Waals surface area contributed by atoms with Crippen LogP contribution in [0.3, 0.4) is 0 Å². The summed E-state index contributed by atoms with van der Waals surface area (Å²) in [5.74, 6) is -0.801. The van der Waals surface area contributed by atoms with E-state index in [1.54, 1.807) is 13.8 Å². The molecule has 0 saturated heterocycles. The second kappa shape index (κ2) is 6.57. The number of aliphatic carboxylic acids is 1. The second-order valence-electron chi connectivity index (χ2n) is 5.58. The summed E-state index contributed by atoms with van der Waals surface area (Å²) in [4.78, 5) is 11.1. The lowest BCUT2D eigenvalue weighted by Crippen LogP contribution is -2.34.